The van der Waals surface area contributed by atoms with E-state index >= 15 is 0 Å². The summed E-state index contributed by atoms with van der Waals surface area (Å²) in [6.07, 6.45) is 34.2. The Bertz CT molecular complexity index is 1760. The van der Waals surface area contributed by atoms with Crippen LogP contribution < -0.4 is 5.32 Å². The third-order valence-electron chi connectivity index (χ3n) is 17.9. The highest BCUT2D eigenvalue weighted by atomic mass is 16.8. The van der Waals surface area contributed by atoms with E-state index in [1.165, 1.54) is 193 Å². The van der Waals surface area contributed by atoms with E-state index in [0.717, 1.165) is 44.9 Å². The largest absolute Gasteiger partial charge is 0.394 e. The van der Waals surface area contributed by atoms with Gasteiger partial charge in [-0.2, -0.15) is 0 Å². The molecule has 3 heterocycles. The van der Waals surface area contributed by atoms with Crippen LogP contribution in [0.25, 0.3) is 0 Å². The van der Waals surface area contributed by atoms with Gasteiger partial charge in [0.05, 0.1) is 38.6 Å². The van der Waals surface area contributed by atoms with Crippen molar-refractivity contribution >= 4 is 5.91 Å². The number of hydrogen-bond donors (Lipinski definition) is 12. The van der Waals surface area contributed by atoms with Crippen molar-refractivity contribution in [2.75, 3.05) is 26.4 Å². The summed E-state index contributed by atoms with van der Waals surface area (Å²) in [6, 6.07) is -0.994. The van der Waals surface area contributed by atoms with Gasteiger partial charge in [-0.15, -0.1) is 0 Å². The smallest absolute Gasteiger partial charge is 0.220 e. The summed E-state index contributed by atoms with van der Waals surface area (Å²) < 4.78 is 34.3. The first-order valence-electron chi connectivity index (χ1n) is 35.7. The van der Waals surface area contributed by atoms with Gasteiger partial charge in [-0.25, -0.2) is 0 Å². The minimum absolute atomic E-state index is 0.236. The molecule has 89 heavy (non-hydrogen) atoms. The molecule has 17 atom stereocenters. The number of allylic oxidation sites excluding steroid dienone is 5. The van der Waals surface area contributed by atoms with Gasteiger partial charge in [-0.3, -0.25) is 4.79 Å². The van der Waals surface area contributed by atoms with E-state index in [1.807, 2.05) is 6.08 Å². The predicted octanol–water partition coefficient (Wildman–Crippen LogP) is 9.61. The fraction of sp³-hybridized carbons (Fsp3) is 0.900. The van der Waals surface area contributed by atoms with Crippen LogP contribution in [-0.2, 0) is 33.2 Å². The molecule has 0 spiro atoms. The summed E-state index contributed by atoms with van der Waals surface area (Å²) in [7, 11) is 0. The second-order valence-electron chi connectivity index (χ2n) is 25.7. The van der Waals surface area contributed by atoms with E-state index in [1.54, 1.807) is 6.08 Å². The van der Waals surface area contributed by atoms with Gasteiger partial charge in [-0.05, 0) is 44.9 Å². The molecule has 3 aliphatic heterocycles. The van der Waals surface area contributed by atoms with Gasteiger partial charge in [0.25, 0.3) is 0 Å². The highest BCUT2D eigenvalue weighted by Crippen LogP contribution is 2.33. The summed E-state index contributed by atoms with van der Waals surface area (Å²) in [5, 5.41) is 120. The topological polar surface area (TPSA) is 307 Å². The fourth-order valence-electron chi connectivity index (χ4n) is 12.1. The van der Waals surface area contributed by atoms with Crippen molar-refractivity contribution in [3.63, 3.8) is 0 Å². The fourth-order valence-corrected chi connectivity index (χ4v) is 12.1. The minimum Gasteiger partial charge on any atom is -0.394 e. The molecule has 19 nitrogen and oxygen atoms in total. The van der Waals surface area contributed by atoms with E-state index in [0.29, 0.717) is 12.8 Å². The maximum Gasteiger partial charge on any atom is 0.220 e. The molecule has 0 aromatic rings. The van der Waals surface area contributed by atoms with Crippen LogP contribution in [0.5, 0.6) is 0 Å². The van der Waals surface area contributed by atoms with Crippen molar-refractivity contribution in [2.45, 2.75) is 375 Å². The molecule has 522 valence electrons. The highest BCUT2D eigenvalue weighted by Gasteiger charge is 2.53. The number of unbranched alkanes of at least 4 members (excludes halogenated alkanes) is 35. The lowest BCUT2D eigenvalue weighted by molar-refractivity contribution is -0.379. The van der Waals surface area contributed by atoms with E-state index < -0.39 is 124 Å². The molecule has 0 bridgehead atoms. The van der Waals surface area contributed by atoms with Crippen molar-refractivity contribution in [2.24, 2.45) is 0 Å². The maximum atomic E-state index is 13.4. The standard InChI is InChI=1S/C70H129NO18/c1-3-5-7-9-11-13-15-17-19-21-22-23-24-25-26-27-28-29-30-32-33-35-37-39-41-43-45-47-54(75)53(71-58(76)48-46-44-42-40-38-36-34-31-20-18-16-14-12-10-8-6-4-2)52-84-68-64(82)61(79)66(56(50-73)86-68)89-70-65(83)62(80)67(57(51-74)87-70)88-69-63(81)60(78)59(77)55(49-72)85-69/h30,32,37,39,45,47,53-57,59-70,72-75,77-83H,3-29,31,33-36,38,40-44,46,48-52H2,1-2H3,(H,71,76)/b32-30+,39-37+,47-45+. The van der Waals surface area contributed by atoms with Crippen molar-refractivity contribution in [3.05, 3.63) is 36.5 Å². The molecule has 0 saturated carbocycles. The Balaban J connectivity index is 1.44. The molecule has 0 aromatic carbocycles. The van der Waals surface area contributed by atoms with Crippen LogP contribution in [0.15, 0.2) is 36.5 Å². The van der Waals surface area contributed by atoms with Crippen molar-refractivity contribution < 1.29 is 89.4 Å². The van der Waals surface area contributed by atoms with Crippen LogP contribution in [0.2, 0.25) is 0 Å². The summed E-state index contributed by atoms with van der Waals surface area (Å²) in [4.78, 5) is 13.4. The van der Waals surface area contributed by atoms with Crippen molar-refractivity contribution in [1.29, 1.82) is 0 Å². The second-order valence-corrected chi connectivity index (χ2v) is 25.7. The lowest BCUT2D eigenvalue weighted by atomic mass is 9.96. The number of ether oxygens (including phenoxy) is 6. The van der Waals surface area contributed by atoms with Gasteiger partial charge in [0, 0.05) is 6.42 Å². The van der Waals surface area contributed by atoms with Crippen LogP contribution in [0, 0.1) is 0 Å². The minimum atomic E-state index is -1.98. The van der Waals surface area contributed by atoms with E-state index in [-0.39, 0.29) is 18.9 Å². The molecule has 3 saturated heterocycles. The molecule has 17 unspecified atom stereocenters. The molecule has 0 radical (unpaired) electrons. The Kier molecular flexibility index (Phi) is 47.7. The molecular weight excluding hydrogens is 1140 g/mol. The van der Waals surface area contributed by atoms with Gasteiger partial charge in [0.1, 0.15) is 73.2 Å². The third kappa shape index (κ3) is 34.3. The number of rotatable bonds is 55. The van der Waals surface area contributed by atoms with Gasteiger partial charge in [0.2, 0.25) is 5.91 Å². The quantitative estimate of drug-likeness (QED) is 0.0199. The normalized spacial score (nSPS) is 28.4. The van der Waals surface area contributed by atoms with Gasteiger partial charge < -0.3 is 89.9 Å². The van der Waals surface area contributed by atoms with Crippen LogP contribution in [0.1, 0.15) is 271 Å². The first-order valence-corrected chi connectivity index (χ1v) is 35.7. The van der Waals surface area contributed by atoms with Gasteiger partial charge >= 0.3 is 0 Å². The lowest BCUT2D eigenvalue weighted by Gasteiger charge is -2.48. The average molecular weight is 1270 g/mol. The zero-order chi connectivity index (χ0) is 64.7. The van der Waals surface area contributed by atoms with Gasteiger partial charge in [0.15, 0.2) is 18.9 Å². The SMILES string of the molecule is CCCCCCCCCCCCCCCCCCC/C=C/CC/C=C/CC/C=C/C(O)C(COC1OC(CO)C(OC2OC(CO)C(OC3OC(CO)C(O)C(O)C3O)C(O)C2O)C(O)C1O)NC(=O)CCCCCCCCCCCCCCCCCCC. The summed E-state index contributed by atoms with van der Waals surface area (Å²) >= 11 is 0. The molecule has 1 amide bonds. The van der Waals surface area contributed by atoms with E-state index in [9.17, 15) is 61.0 Å². The first kappa shape index (κ1) is 81.2. The molecule has 19 heteroatoms. The number of amides is 1. The predicted molar refractivity (Wildman–Crippen MR) is 346 cm³/mol. The van der Waals surface area contributed by atoms with Crippen LogP contribution in [0.3, 0.4) is 0 Å². The second kappa shape index (κ2) is 52.3. The Morgan fingerprint density at radius 1 is 0.393 bits per heavy atom. The summed E-state index contributed by atoms with van der Waals surface area (Å²) in [5.74, 6) is -0.286. The number of carbonyl (C=O) groups is 1. The lowest BCUT2D eigenvalue weighted by Crippen LogP contribution is -2.66. The number of aliphatic hydroxyl groups excluding tert-OH is 11. The van der Waals surface area contributed by atoms with E-state index in [4.69, 9.17) is 28.4 Å². The molecule has 3 rings (SSSR count). The molecule has 3 aliphatic rings. The monoisotopic (exact) mass is 1270 g/mol. The Hall–Kier alpha value is -1.99. The van der Waals surface area contributed by atoms with Crippen molar-refractivity contribution in [3.8, 4) is 0 Å². The highest BCUT2D eigenvalue weighted by molar-refractivity contribution is 5.76. The molecule has 3 fully saturated rings. The Morgan fingerprint density at radius 3 is 1.12 bits per heavy atom. The van der Waals surface area contributed by atoms with E-state index in [2.05, 4.69) is 43.5 Å². The Labute approximate surface area is 536 Å². The molecule has 0 aliphatic carbocycles. The van der Waals surface area contributed by atoms with Crippen LogP contribution in [0.4, 0.5) is 0 Å². The average Bonchev–Trinajstić information content (AvgIpc) is 2.45. The number of hydrogen-bond acceptors (Lipinski definition) is 18. The summed E-state index contributed by atoms with van der Waals surface area (Å²) in [5.41, 5.74) is 0. The third-order valence-corrected chi connectivity index (χ3v) is 17.9. The van der Waals surface area contributed by atoms with Crippen LogP contribution in [-0.4, -0.2) is 193 Å². The zero-order valence-corrected chi connectivity index (χ0v) is 55.2. The van der Waals surface area contributed by atoms with Crippen molar-refractivity contribution in [1.82, 2.24) is 5.32 Å². The summed E-state index contributed by atoms with van der Waals surface area (Å²) in [6.45, 7) is 1.74. The number of carbonyl (C=O) groups excluding carboxylic acids is 1. The number of nitrogens with one attached hydrogen (secondary N) is 1. The van der Waals surface area contributed by atoms with Crippen LogP contribution >= 0.6 is 0 Å². The maximum absolute atomic E-state index is 13.4. The zero-order valence-electron chi connectivity index (χ0n) is 55.2. The Morgan fingerprint density at radius 2 is 0.719 bits per heavy atom. The van der Waals surface area contributed by atoms with Gasteiger partial charge in [-0.1, -0.05) is 256 Å². The number of aliphatic hydroxyl groups is 11. The molecule has 0 aromatic heterocycles. The molecular formula is C70H129NO18. The first-order chi connectivity index (χ1) is 43.3. The molecule has 12 N–H and O–H groups in total.